The minimum absolute atomic E-state index is 0.00741. The summed E-state index contributed by atoms with van der Waals surface area (Å²) in [5.41, 5.74) is 0.924. The van der Waals surface area contributed by atoms with Crippen LogP contribution in [0.25, 0.3) is 5.76 Å². The predicted molar refractivity (Wildman–Crippen MR) is 139 cm³/mol. The summed E-state index contributed by atoms with van der Waals surface area (Å²) in [7, 11) is 3.05. The number of aliphatic hydroxyl groups is 1. The number of ketones is 1. The largest absolute Gasteiger partial charge is 0.507 e. The number of nitrogens with zero attached hydrogens (tertiary/aromatic N) is 2. The second kappa shape index (κ2) is 12.1. The Hall–Kier alpha value is -3.23. The number of methoxy groups -OCH3 is 2. The summed E-state index contributed by atoms with van der Waals surface area (Å²) in [4.78, 5) is 30.2. The summed E-state index contributed by atoms with van der Waals surface area (Å²) in [5.74, 6) is -0.291. The van der Waals surface area contributed by atoms with Crippen molar-refractivity contribution in [2.75, 3.05) is 47.0 Å². The van der Waals surface area contributed by atoms with Gasteiger partial charge in [-0.3, -0.25) is 9.59 Å². The molecule has 2 aromatic rings. The molecule has 2 aromatic carbocycles. The molecule has 1 heterocycles. The molecule has 0 saturated carbocycles. The van der Waals surface area contributed by atoms with Gasteiger partial charge in [-0.05, 0) is 55.9 Å². The number of carbonyl (C=O) groups is 2. The van der Waals surface area contributed by atoms with Crippen molar-refractivity contribution in [1.82, 2.24) is 9.80 Å². The van der Waals surface area contributed by atoms with Crippen molar-refractivity contribution >= 4 is 29.1 Å². The van der Waals surface area contributed by atoms with Gasteiger partial charge in [0.25, 0.3) is 11.7 Å². The number of carbonyl (C=O) groups excluding carboxylic acids is 2. The molecular weight excluding hydrogens is 484 g/mol. The van der Waals surface area contributed by atoms with E-state index in [0.29, 0.717) is 53.1 Å². The number of aliphatic hydroxyl groups excluding tert-OH is 1. The van der Waals surface area contributed by atoms with Crippen molar-refractivity contribution < 1.29 is 28.9 Å². The quantitative estimate of drug-likeness (QED) is 0.267. The highest BCUT2D eigenvalue weighted by molar-refractivity contribution is 6.46. The zero-order valence-electron chi connectivity index (χ0n) is 21.3. The first-order valence-corrected chi connectivity index (χ1v) is 12.3. The van der Waals surface area contributed by atoms with Crippen molar-refractivity contribution in [2.24, 2.45) is 0 Å². The first kappa shape index (κ1) is 27.4. The molecular formula is C27H33ClN2O6. The number of benzene rings is 2. The lowest BCUT2D eigenvalue weighted by Gasteiger charge is -2.28. The number of likely N-dealkylation sites (tertiary alicyclic amines) is 1. The fourth-order valence-corrected chi connectivity index (χ4v) is 4.58. The van der Waals surface area contributed by atoms with Crippen molar-refractivity contribution in [3.8, 4) is 17.2 Å². The third-order valence-electron chi connectivity index (χ3n) is 6.32. The summed E-state index contributed by atoms with van der Waals surface area (Å²) in [5, 5.41) is 11.6. The average molecular weight is 517 g/mol. The zero-order valence-corrected chi connectivity index (χ0v) is 22.1. The van der Waals surface area contributed by atoms with Gasteiger partial charge in [0.2, 0.25) is 0 Å². The van der Waals surface area contributed by atoms with E-state index in [4.69, 9.17) is 25.8 Å². The lowest BCUT2D eigenvalue weighted by atomic mass is 9.95. The number of amides is 1. The Kier molecular flexibility index (Phi) is 9.23. The van der Waals surface area contributed by atoms with Crippen molar-refractivity contribution in [2.45, 2.75) is 26.8 Å². The normalized spacial score (nSPS) is 17.1. The van der Waals surface area contributed by atoms with Crippen LogP contribution in [0.1, 0.15) is 37.9 Å². The maximum atomic E-state index is 13.3. The van der Waals surface area contributed by atoms with Crippen molar-refractivity contribution in [1.29, 1.82) is 0 Å². The summed E-state index contributed by atoms with van der Waals surface area (Å²) in [6.45, 7) is 8.87. The molecule has 1 aliphatic rings. The zero-order chi connectivity index (χ0) is 26.4. The molecule has 1 fully saturated rings. The molecule has 1 saturated heterocycles. The molecule has 8 nitrogen and oxygen atoms in total. The SMILES string of the molecule is CCOc1ccc(/C(O)=C2/C(=O)C(=O)N(CCN(CC)CC)C2c2ccc(OC)c(OC)c2)cc1Cl. The second-order valence-corrected chi connectivity index (χ2v) is 8.62. The van der Waals surface area contributed by atoms with E-state index >= 15 is 0 Å². The number of ether oxygens (including phenoxy) is 3. The molecule has 194 valence electrons. The minimum Gasteiger partial charge on any atom is -0.507 e. The smallest absolute Gasteiger partial charge is 0.295 e. The van der Waals surface area contributed by atoms with E-state index in [9.17, 15) is 14.7 Å². The van der Waals surface area contributed by atoms with Gasteiger partial charge in [0.1, 0.15) is 11.5 Å². The van der Waals surface area contributed by atoms with Crippen LogP contribution in [0, 0.1) is 0 Å². The van der Waals surface area contributed by atoms with E-state index in [0.717, 1.165) is 13.1 Å². The fourth-order valence-electron chi connectivity index (χ4n) is 4.35. The van der Waals surface area contributed by atoms with E-state index < -0.39 is 17.7 Å². The Morgan fingerprint density at radius 2 is 1.67 bits per heavy atom. The molecule has 0 aliphatic carbocycles. The molecule has 1 N–H and O–H groups in total. The van der Waals surface area contributed by atoms with Crippen LogP contribution in [0.5, 0.6) is 17.2 Å². The van der Waals surface area contributed by atoms with Gasteiger partial charge in [-0.2, -0.15) is 0 Å². The monoisotopic (exact) mass is 516 g/mol. The van der Waals surface area contributed by atoms with E-state index in [1.807, 2.05) is 20.8 Å². The number of halogens is 1. The molecule has 1 unspecified atom stereocenters. The van der Waals surface area contributed by atoms with Gasteiger partial charge in [0.05, 0.1) is 37.5 Å². The molecule has 1 atom stereocenters. The van der Waals surface area contributed by atoms with E-state index in [2.05, 4.69) is 4.90 Å². The number of hydrogen-bond acceptors (Lipinski definition) is 7. The third kappa shape index (κ3) is 5.44. The van der Waals surface area contributed by atoms with Crippen molar-refractivity contribution in [3.05, 3.63) is 58.1 Å². The molecule has 1 aliphatic heterocycles. The topological polar surface area (TPSA) is 88.5 Å². The maximum Gasteiger partial charge on any atom is 0.295 e. The first-order valence-electron chi connectivity index (χ1n) is 12.0. The van der Waals surface area contributed by atoms with E-state index in [1.54, 1.807) is 30.3 Å². The lowest BCUT2D eigenvalue weighted by Crippen LogP contribution is -2.38. The molecule has 1 amide bonds. The number of Topliss-reactive ketones (excluding diaryl/α,β-unsaturated/α-hetero) is 1. The molecule has 36 heavy (non-hydrogen) atoms. The number of rotatable bonds is 11. The van der Waals surface area contributed by atoms with Gasteiger partial charge < -0.3 is 29.1 Å². The minimum atomic E-state index is -0.814. The van der Waals surface area contributed by atoms with Gasteiger partial charge in [0, 0.05) is 18.7 Å². The average Bonchev–Trinajstić information content (AvgIpc) is 3.14. The Morgan fingerprint density at radius 3 is 2.25 bits per heavy atom. The van der Waals surface area contributed by atoms with Gasteiger partial charge in [-0.25, -0.2) is 0 Å². The maximum absolute atomic E-state index is 13.3. The highest BCUT2D eigenvalue weighted by Gasteiger charge is 2.46. The Morgan fingerprint density at radius 1 is 1.00 bits per heavy atom. The van der Waals surface area contributed by atoms with Crippen LogP contribution in [-0.2, 0) is 9.59 Å². The lowest BCUT2D eigenvalue weighted by molar-refractivity contribution is -0.140. The van der Waals surface area contributed by atoms with Crippen LogP contribution in [0.4, 0.5) is 0 Å². The highest BCUT2D eigenvalue weighted by Crippen LogP contribution is 2.42. The molecule has 9 heteroatoms. The third-order valence-corrected chi connectivity index (χ3v) is 6.62. The van der Waals surface area contributed by atoms with Crippen LogP contribution in [0.3, 0.4) is 0 Å². The second-order valence-electron chi connectivity index (χ2n) is 8.21. The van der Waals surface area contributed by atoms with Gasteiger partial charge in [0.15, 0.2) is 11.5 Å². The summed E-state index contributed by atoms with van der Waals surface area (Å²) < 4.78 is 16.3. The summed E-state index contributed by atoms with van der Waals surface area (Å²) in [6, 6.07) is 9.15. The Bertz CT molecular complexity index is 1150. The standard InChI is InChI=1S/C27H33ClN2O6/c1-6-29(7-2)13-14-30-24(17-9-12-21(34-4)22(16-17)35-5)23(26(32)27(30)33)25(31)18-10-11-20(36-8-3)19(28)15-18/h9-12,15-16,24,31H,6-8,13-14H2,1-5H3/b25-23-. The highest BCUT2D eigenvalue weighted by atomic mass is 35.5. The van der Waals surface area contributed by atoms with Crippen LogP contribution in [0.2, 0.25) is 5.02 Å². The Balaban J connectivity index is 2.15. The van der Waals surface area contributed by atoms with Crippen LogP contribution < -0.4 is 14.2 Å². The molecule has 0 bridgehead atoms. The van der Waals surface area contributed by atoms with E-state index in [1.165, 1.54) is 25.2 Å². The van der Waals surface area contributed by atoms with Gasteiger partial charge in [-0.1, -0.05) is 31.5 Å². The summed E-state index contributed by atoms with van der Waals surface area (Å²) in [6.07, 6.45) is 0. The molecule has 0 aromatic heterocycles. The fraction of sp³-hybridized carbons (Fsp3) is 0.407. The van der Waals surface area contributed by atoms with Crippen LogP contribution in [-0.4, -0.2) is 73.6 Å². The number of likely N-dealkylation sites (N-methyl/N-ethyl adjacent to an activating group) is 1. The van der Waals surface area contributed by atoms with Crippen LogP contribution in [0.15, 0.2) is 42.0 Å². The molecule has 0 radical (unpaired) electrons. The first-order chi connectivity index (χ1) is 17.3. The van der Waals surface area contributed by atoms with Crippen molar-refractivity contribution in [3.63, 3.8) is 0 Å². The van der Waals surface area contributed by atoms with Gasteiger partial charge >= 0.3 is 0 Å². The molecule has 3 rings (SSSR count). The van der Waals surface area contributed by atoms with E-state index in [-0.39, 0.29) is 11.3 Å². The Labute approximate surface area is 217 Å². The van der Waals surface area contributed by atoms with Gasteiger partial charge in [-0.15, -0.1) is 0 Å². The number of hydrogen-bond donors (Lipinski definition) is 1. The predicted octanol–water partition coefficient (Wildman–Crippen LogP) is 4.52. The van der Waals surface area contributed by atoms with Crippen LogP contribution >= 0.6 is 11.6 Å². The summed E-state index contributed by atoms with van der Waals surface area (Å²) >= 11 is 6.34. The molecule has 0 spiro atoms.